The van der Waals surface area contributed by atoms with Crippen LogP contribution in [0.2, 0.25) is 0 Å². The summed E-state index contributed by atoms with van der Waals surface area (Å²) in [4.78, 5) is 0. The number of hydrogen-bond acceptors (Lipinski definition) is 1. The van der Waals surface area contributed by atoms with Crippen molar-refractivity contribution in [2.24, 2.45) is 0 Å². The van der Waals surface area contributed by atoms with Gasteiger partial charge in [-0.1, -0.05) is 42.0 Å². The van der Waals surface area contributed by atoms with E-state index in [0.717, 1.165) is 12.1 Å². The summed E-state index contributed by atoms with van der Waals surface area (Å²) < 4.78 is 12.8. The zero-order chi connectivity index (χ0) is 13.0. The number of aryl methyl sites for hydroxylation is 1. The van der Waals surface area contributed by atoms with Crippen LogP contribution in [0.25, 0.3) is 0 Å². The molecule has 1 nitrogen and oxygen atoms in total. The van der Waals surface area contributed by atoms with Crippen LogP contribution in [-0.2, 0) is 6.54 Å². The standard InChI is InChI=1S/C16H18FN/c1-12-4-3-5-14(10-12)11-18-13(2)15-6-8-16(17)9-7-15/h3-10,13,18H,11H2,1-2H3/t13-/m1/s1. The lowest BCUT2D eigenvalue weighted by molar-refractivity contribution is 0.571. The maximum Gasteiger partial charge on any atom is 0.123 e. The molecule has 0 aliphatic rings. The summed E-state index contributed by atoms with van der Waals surface area (Å²) in [5.74, 6) is -0.190. The molecule has 2 aromatic rings. The largest absolute Gasteiger partial charge is 0.306 e. The average molecular weight is 243 g/mol. The Kier molecular flexibility index (Phi) is 4.11. The average Bonchev–Trinajstić information content (AvgIpc) is 2.37. The van der Waals surface area contributed by atoms with Crippen LogP contribution in [0.15, 0.2) is 48.5 Å². The Hall–Kier alpha value is -1.67. The smallest absolute Gasteiger partial charge is 0.123 e. The van der Waals surface area contributed by atoms with Crippen molar-refractivity contribution in [2.45, 2.75) is 26.4 Å². The van der Waals surface area contributed by atoms with E-state index in [1.54, 1.807) is 0 Å². The minimum absolute atomic E-state index is 0.190. The molecule has 1 atom stereocenters. The third-order valence-electron chi connectivity index (χ3n) is 3.06. The molecule has 2 aromatic carbocycles. The van der Waals surface area contributed by atoms with Crippen molar-refractivity contribution in [3.63, 3.8) is 0 Å². The van der Waals surface area contributed by atoms with Gasteiger partial charge in [0.1, 0.15) is 5.82 Å². The lowest BCUT2D eigenvalue weighted by Gasteiger charge is -2.14. The van der Waals surface area contributed by atoms with E-state index in [4.69, 9.17) is 0 Å². The van der Waals surface area contributed by atoms with Gasteiger partial charge in [-0.15, -0.1) is 0 Å². The molecule has 0 spiro atoms. The van der Waals surface area contributed by atoms with Gasteiger partial charge < -0.3 is 5.32 Å². The van der Waals surface area contributed by atoms with E-state index in [0.29, 0.717) is 0 Å². The first-order valence-electron chi connectivity index (χ1n) is 6.19. The van der Waals surface area contributed by atoms with Crippen LogP contribution >= 0.6 is 0 Å². The van der Waals surface area contributed by atoms with Gasteiger partial charge in [-0.3, -0.25) is 0 Å². The third-order valence-corrected chi connectivity index (χ3v) is 3.06. The summed E-state index contributed by atoms with van der Waals surface area (Å²) in [7, 11) is 0. The van der Waals surface area contributed by atoms with Crippen molar-refractivity contribution >= 4 is 0 Å². The van der Waals surface area contributed by atoms with Gasteiger partial charge in [-0.2, -0.15) is 0 Å². The van der Waals surface area contributed by atoms with Crippen molar-refractivity contribution in [1.82, 2.24) is 5.32 Å². The molecule has 2 heteroatoms. The zero-order valence-corrected chi connectivity index (χ0v) is 10.8. The molecule has 0 saturated heterocycles. The van der Waals surface area contributed by atoms with Crippen molar-refractivity contribution in [3.05, 3.63) is 71.0 Å². The second-order valence-corrected chi connectivity index (χ2v) is 4.64. The van der Waals surface area contributed by atoms with Gasteiger partial charge in [-0.05, 0) is 37.1 Å². The van der Waals surface area contributed by atoms with Crippen molar-refractivity contribution in [1.29, 1.82) is 0 Å². The van der Waals surface area contributed by atoms with Crippen LogP contribution in [0.1, 0.15) is 29.7 Å². The summed E-state index contributed by atoms with van der Waals surface area (Å²) in [5.41, 5.74) is 3.64. The highest BCUT2D eigenvalue weighted by Crippen LogP contribution is 2.14. The number of halogens is 1. The van der Waals surface area contributed by atoms with Crippen molar-refractivity contribution < 1.29 is 4.39 Å². The zero-order valence-electron chi connectivity index (χ0n) is 10.8. The first-order valence-corrected chi connectivity index (χ1v) is 6.19. The maximum atomic E-state index is 12.8. The molecular weight excluding hydrogens is 225 g/mol. The van der Waals surface area contributed by atoms with Crippen LogP contribution in [0.5, 0.6) is 0 Å². The molecule has 0 amide bonds. The van der Waals surface area contributed by atoms with E-state index < -0.39 is 0 Å². The Labute approximate surface area is 108 Å². The van der Waals surface area contributed by atoms with Gasteiger partial charge in [0.2, 0.25) is 0 Å². The monoisotopic (exact) mass is 243 g/mol. The molecule has 2 rings (SSSR count). The fourth-order valence-corrected chi connectivity index (χ4v) is 1.96. The SMILES string of the molecule is Cc1cccc(CN[C@H](C)c2ccc(F)cc2)c1. The Morgan fingerprint density at radius 1 is 1.11 bits per heavy atom. The molecule has 0 aliphatic carbocycles. The van der Waals surface area contributed by atoms with Crippen molar-refractivity contribution in [3.8, 4) is 0 Å². The lowest BCUT2D eigenvalue weighted by Crippen LogP contribution is -2.18. The predicted molar refractivity (Wildman–Crippen MR) is 72.8 cm³/mol. The molecule has 0 fully saturated rings. The van der Waals surface area contributed by atoms with Gasteiger partial charge in [0.25, 0.3) is 0 Å². The quantitative estimate of drug-likeness (QED) is 0.856. The van der Waals surface area contributed by atoms with Crippen LogP contribution in [0.4, 0.5) is 4.39 Å². The second-order valence-electron chi connectivity index (χ2n) is 4.64. The van der Waals surface area contributed by atoms with Gasteiger partial charge >= 0.3 is 0 Å². The molecule has 0 bridgehead atoms. The number of benzene rings is 2. The molecule has 0 aromatic heterocycles. The molecule has 0 heterocycles. The number of nitrogens with one attached hydrogen (secondary N) is 1. The molecule has 0 unspecified atom stereocenters. The minimum atomic E-state index is -0.190. The van der Waals surface area contributed by atoms with E-state index in [-0.39, 0.29) is 11.9 Å². The van der Waals surface area contributed by atoms with Crippen molar-refractivity contribution in [2.75, 3.05) is 0 Å². The van der Waals surface area contributed by atoms with Gasteiger partial charge in [-0.25, -0.2) is 4.39 Å². The van der Waals surface area contributed by atoms with E-state index in [2.05, 4.69) is 43.4 Å². The van der Waals surface area contributed by atoms with E-state index in [1.807, 2.05) is 12.1 Å². The topological polar surface area (TPSA) is 12.0 Å². The van der Waals surface area contributed by atoms with E-state index in [1.165, 1.54) is 23.3 Å². The molecule has 1 N–H and O–H groups in total. The van der Waals surface area contributed by atoms with E-state index >= 15 is 0 Å². The summed E-state index contributed by atoms with van der Waals surface area (Å²) >= 11 is 0. The van der Waals surface area contributed by atoms with Gasteiger partial charge in [0.05, 0.1) is 0 Å². The Morgan fingerprint density at radius 2 is 1.83 bits per heavy atom. The van der Waals surface area contributed by atoms with Gasteiger partial charge in [0, 0.05) is 12.6 Å². The molecular formula is C16H18FN. The lowest BCUT2D eigenvalue weighted by atomic mass is 10.1. The highest BCUT2D eigenvalue weighted by molar-refractivity contribution is 5.23. The number of rotatable bonds is 4. The molecule has 0 saturated carbocycles. The molecule has 18 heavy (non-hydrogen) atoms. The molecule has 0 radical (unpaired) electrons. The fourth-order valence-electron chi connectivity index (χ4n) is 1.96. The number of hydrogen-bond donors (Lipinski definition) is 1. The first kappa shape index (κ1) is 12.8. The van der Waals surface area contributed by atoms with Gasteiger partial charge in [0.15, 0.2) is 0 Å². The van der Waals surface area contributed by atoms with Crippen LogP contribution in [-0.4, -0.2) is 0 Å². The molecule has 94 valence electrons. The highest BCUT2D eigenvalue weighted by Gasteiger charge is 2.04. The summed E-state index contributed by atoms with van der Waals surface area (Å²) in [6.45, 7) is 5.00. The Morgan fingerprint density at radius 3 is 2.50 bits per heavy atom. The summed E-state index contributed by atoms with van der Waals surface area (Å²) in [6.07, 6.45) is 0. The first-order chi connectivity index (χ1) is 8.65. The normalized spacial score (nSPS) is 12.4. The van der Waals surface area contributed by atoms with Crippen LogP contribution in [0.3, 0.4) is 0 Å². The Balaban J connectivity index is 1.96. The summed E-state index contributed by atoms with van der Waals surface area (Å²) in [5, 5.41) is 3.44. The highest BCUT2D eigenvalue weighted by atomic mass is 19.1. The molecule has 0 aliphatic heterocycles. The third kappa shape index (κ3) is 3.41. The predicted octanol–water partition coefficient (Wildman–Crippen LogP) is 3.98. The Bertz CT molecular complexity index is 505. The fraction of sp³-hybridized carbons (Fsp3) is 0.250. The maximum absolute atomic E-state index is 12.8. The summed E-state index contributed by atoms with van der Waals surface area (Å²) in [6, 6.07) is 15.3. The van der Waals surface area contributed by atoms with E-state index in [9.17, 15) is 4.39 Å². The second kappa shape index (κ2) is 5.78. The van der Waals surface area contributed by atoms with Crippen LogP contribution < -0.4 is 5.32 Å². The minimum Gasteiger partial charge on any atom is -0.306 e. The van der Waals surface area contributed by atoms with Crippen LogP contribution in [0, 0.1) is 12.7 Å².